The SMILES string of the molecule is O=C(Nc1csc2ncccc12)c1ccccc1. The van der Waals surface area contributed by atoms with E-state index in [0.29, 0.717) is 5.56 Å². The second-order valence-corrected chi connectivity index (χ2v) is 4.68. The number of hydrogen-bond donors (Lipinski definition) is 1. The number of rotatable bonds is 2. The number of carbonyl (C=O) groups excluding carboxylic acids is 1. The smallest absolute Gasteiger partial charge is 0.255 e. The molecule has 0 saturated heterocycles. The van der Waals surface area contributed by atoms with Crippen LogP contribution in [0.1, 0.15) is 10.4 Å². The van der Waals surface area contributed by atoms with Crippen LogP contribution in [0.25, 0.3) is 10.2 Å². The van der Waals surface area contributed by atoms with Crippen LogP contribution in [0.3, 0.4) is 0 Å². The van der Waals surface area contributed by atoms with Crippen LogP contribution in [0.2, 0.25) is 0 Å². The Morgan fingerprint density at radius 3 is 2.78 bits per heavy atom. The van der Waals surface area contributed by atoms with Gasteiger partial charge in [0.15, 0.2) is 0 Å². The van der Waals surface area contributed by atoms with Crippen LogP contribution in [0.4, 0.5) is 5.69 Å². The molecule has 0 aliphatic carbocycles. The molecule has 1 aromatic carbocycles. The summed E-state index contributed by atoms with van der Waals surface area (Å²) in [6, 6.07) is 13.0. The molecule has 3 nitrogen and oxygen atoms in total. The van der Waals surface area contributed by atoms with Crippen LogP contribution in [0.5, 0.6) is 0 Å². The van der Waals surface area contributed by atoms with E-state index in [4.69, 9.17) is 0 Å². The Bertz CT molecular complexity index is 691. The highest BCUT2D eigenvalue weighted by Crippen LogP contribution is 2.28. The lowest BCUT2D eigenvalue weighted by Crippen LogP contribution is -2.11. The normalized spacial score (nSPS) is 10.4. The lowest BCUT2D eigenvalue weighted by Gasteiger charge is -2.03. The molecule has 0 atom stereocenters. The summed E-state index contributed by atoms with van der Waals surface area (Å²) < 4.78 is 0. The Hall–Kier alpha value is -2.20. The molecular formula is C14H10N2OS. The second kappa shape index (κ2) is 4.58. The first kappa shape index (κ1) is 10.9. The van der Waals surface area contributed by atoms with Crippen molar-refractivity contribution in [1.82, 2.24) is 4.98 Å². The molecule has 0 aliphatic rings. The van der Waals surface area contributed by atoms with E-state index < -0.39 is 0 Å². The van der Waals surface area contributed by atoms with Crippen molar-refractivity contribution in [1.29, 1.82) is 0 Å². The molecule has 88 valence electrons. The highest BCUT2D eigenvalue weighted by molar-refractivity contribution is 7.17. The molecule has 0 bridgehead atoms. The summed E-state index contributed by atoms with van der Waals surface area (Å²) in [6.07, 6.45) is 1.75. The van der Waals surface area contributed by atoms with Gasteiger partial charge in [0.2, 0.25) is 0 Å². The number of aromatic nitrogens is 1. The quantitative estimate of drug-likeness (QED) is 0.760. The summed E-state index contributed by atoms with van der Waals surface area (Å²) in [5.74, 6) is -0.0980. The van der Waals surface area contributed by atoms with Crippen molar-refractivity contribution in [3.8, 4) is 0 Å². The fraction of sp³-hybridized carbons (Fsp3) is 0. The third kappa shape index (κ3) is 1.98. The maximum absolute atomic E-state index is 12.0. The standard InChI is InChI=1S/C14H10N2OS/c17-13(10-5-2-1-3-6-10)16-12-9-18-14-11(12)7-4-8-15-14/h1-9H,(H,16,17). The van der Waals surface area contributed by atoms with Crippen LogP contribution >= 0.6 is 11.3 Å². The maximum atomic E-state index is 12.0. The van der Waals surface area contributed by atoms with Crippen LogP contribution < -0.4 is 5.32 Å². The Labute approximate surface area is 108 Å². The molecule has 2 aromatic heterocycles. The molecule has 4 heteroatoms. The van der Waals surface area contributed by atoms with Gasteiger partial charge in [-0.2, -0.15) is 0 Å². The van der Waals surface area contributed by atoms with Gasteiger partial charge in [-0.05, 0) is 24.3 Å². The highest BCUT2D eigenvalue weighted by atomic mass is 32.1. The van der Waals surface area contributed by atoms with Crippen molar-refractivity contribution in [2.75, 3.05) is 5.32 Å². The van der Waals surface area contributed by atoms with Gasteiger partial charge in [0.25, 0.3) is 5.91 Å². The van der Waals surface area contributed by atoms with Crippen LogP contribution in [0.15, 0.2) is 54.0 Å². The Morgan fingerprint density at radius 2 is 1.94 bits per heavy atom. The van der Waals surface area contributed by atoms with Crippen molar-refractivity contribution >= 4 is 33.1 Å². The van der Waals surface area contributed by atoms with Gasteiger partial charge in [0, 0.05) is 22.5 Å². The van der Waals surface area contributed by atoms with Crippen molar-refractivity contribution < 1.29 is 4.79 Å². The zero-order valence-corrected chi connectivity index (χ0v) is 10.3. The summed E-state index contributed by atoms with van der Waals surface area (Å²) in [7, 11) is 0. The minimum absolute atomic E-state index is 0.0980. The number of nitrogens with zero attached hydrogens (tertiary/aromatic N) is 1. The molecule has 0 saturated carbocycles. The van der Waals surface area contributed by atoms with Crippen molar-refractivity contribution in [2.45, 2.75) is 0 Å². The summed E-state index contributed by atoms with van der Waals surface area (Å²) in [5, 5.41) is 5.81. The zero-order valence-electron chi connectivity index (χ0n) is 9.46. The molecule has 0 unspecified atom stereocenters. The average Bonchev–Trinajstić information content (AvgIpc) is 2.83. The van der Waals surface area contributed by atoms with E-state index in [1.54, 1.807) is 18.3 Å². The molecule has 1 amide bonds. The molecule has 0 aliphatic heterocycles. The van der Waals surface area contributed by atoms with Gasteiger partial charge < -0.3 is 5.32 Å². The summed E-state index contributed by atoms with van der Waals surface area (Å²) in [6.45, 7) is 0. The van der Waals surface area contributed by atoms with Crippen molar-refractivity contribution in [3.63, 3.8) is 0 Å². The van der Waals surface area contributed by atoms with E-state index in [9.17, 15) is 4.79 Å². The van der Waals surface area contributed by atoms with Crippen LogP contribution in [-0.2, 0) is 0 Å². The van der Waals surface area contributed by atoms with Gasteiger partial charge in [0.05, 0.1) is 5.69 Å². The number of nitrogens with one attached hydrogen (secondary N) is 1. The molecular weight excluding hydrogens is 244 g/mol. The third-order valence-corrected chi connectivity index (χ3v) is 3.54. The van der Waals surface area contributed by atoms with E-state index >= 15 is 0 Å². The second-order valence-electron chi connectivity index (χ2n) is 3.83. The minimum atomic E-state index is -0.0980. The van der Waals surface area contributed by atoms with E-state index in [0.717, 1.165) is 15.9 Å². The third-order valence-electron chi connectivity index (χ3n) is 2.63. The largest absolute Gasteiger partial charge is 0.321 e. The number of thiophene rings is 1. The molecule has 1 N–H and O–H groups in total. The topological polar surface area (TPSA) is 42.0 Å². The molecule has 2 heterocycles. The first-order valence-corrected chi connectivity index (χ1v) is 6.41. The van der Waals surface area contributed by atoms with Crippen molar-refractivity contribution in [2.24, 2.45) is 0 Å². The van der Waals surface area contributed by atoms with Crippen molar-refractivity contribution in [3.05, 3.63) is 59.6 Å². The number of fused-ring (bicyclic) bond motifs is 1. The minimum Gasteiger partial charge on any atom is -0.321 e. The first-order valence-electron chi connectivity index (χ1n) is 5.53. The number of anilines is 1. The molecule has 3 aromatic rings. The Kier molecular flexibility index (Phi) is 2.78. The predicted octanol–water partition coefficient (Wildman–Crippen LogP) is 3.55. The number of amides is 1. The van der Waals surface area contributed by atoms with Gasteiger partial charge in [-0.25, -0.2) is 4.98 Å². The monoisotopic (exact) mass is 254 g/mol. The number of hydrogen-bond acceptors (Lipinski definition) is 3. The number of benzene rings is 1. The fourth-order valence-corrected chi connectivity index (χ4v) is 2.59. The van der Waals surface area contributed by atoms with Gasteiger partial charge >= 0.3 is 0 Å². The lowest BCUT2D eigenvalue weighted by atomic mass is 10.2. The number of pyridine rings is 1. The average molecular weight is 254 g/mol. The van der Waals surface area contributed by atoms with Gasteiger partial charge in [-0.3, -0.25) is 4.79 Å². The molecule has 0 spiro atoms. The van der Waals surface area contributed by atoms with E-state index in [-0.39, 0.29) is 5.91 Å². The summed E-state index contributed by atoms with van der Waals surface area (Å²) >= 11 is 1.53. The van der Waals surface area contributed by atoms with Gasteiger partial charge in [-0.1, -0.05) is 18.2 Å². The Balaban J connectivity index is 1.91. The molecule has 0 fully saturated rings. The first-order chi connectivity index (χ1) is 8.84. The molecule has 18 heavy (non-hydrogen) atoms. The number of carbonyl (C=O) groups is 1. The zero-order chi connectivity index (χ0) is 12.4. The molecule has 3 rings (SSSR count). The van der Waals surface area contributed by atoms with Crippen LogP contribution in [0, 0.1) is 0 Å². The Morgan fingerprint density at radius 1 is 1.11 bits per heavy atom. The van der Waals surface area contributed by atoms with E-state index in [2.05, 4.69) is 10.3 Å². The van der Waals surface area contributed by atoms with Gasteiger partial charge in [-0.15, -0.1) is 11.3 Å². The predicted molar refractivity (Wildman–Crippen MR) is 74.0 cm³/mol. The highest BCUT2D eigenvalue weighted by Gasteiger charge is 2.09. The lowest BCUT2D eigenvalue weighted by molar-refractivity contribution is 0.102. The fourth-order valence-electron chi connectivity index (χ4n) is 1.75. The van der Waals surface area contributed by atoms with E-state index in [1.807, 2.05) is 35.7 Å². The van der Waals surface area contributed by atoms with E-state index in [1.165, 1.54) is 11.3 Å². The molecule has 0 radical (unpaired) electrons. The maximum Gasteiger partial charge on any atom is 0.255 e. The van der Waals surface area contributed by atoms with Crippen LogP contribution in [-0.4, -0.2) is 10.9 Å². The van der Waals surface area contributed by atoms with Gasteiger partial charge in [0.1, 0.15) is 4.83 Å². The summed E-state index contributed by atoms with van der Waals surface area (Å²) in [4.78, 5) is 17.2. The summed E-state index contributed by atoms with van der Waals surface area (Å²) in [5.41, 5.74) is 1.47.